The van der Waals surface area contributed by atoms with Crippen LogP contribution in [0.5, 0.6) is 0 Å². The zero-order valence-electron chi connectivity index (χ0n) is 11.8. The Morgan fingerprint density at radius 1 is 1.17 bits per heavy atom. The molecule has 1 N–H and O–H groups in total. The van der Waals surface area contributed by atoms with Gasteiger partial charge >= 0.3 is 0 Å². The molecule has 0 aromatic heterocycles. The molecule has 0 radical (unpaired) electrons. The van der Waals surface area contributed by atoms with Crippen molar-refractivity contribution in [3.63, 3.8) is 0 Å². The Bertz CT molecular complexity index is 352. The van der Waals surface area contributed by atoms with Crippen LogP contribution in [0.4, 0.5) is 5.69 Å². The number of benzene rings is 1. The first-order chi connectivity index (χ1) is 8.70. The lowest BCUT2D eigenvalue weighted by Gasteiger charge is -2.33. The second kappa shape index (κ2) is 6.21. The van der Waals surface area contributed by atoms with Gasteiger partial charge in [-0.2, -0.15) is 0 Å². The average molecular weight is 247 g/mol. The Morgan fingerprint density at radius 3 is 2.56 bits per heavy atom. The molecule has 100 valence electrons. The first-order valence-corrected chi connectivity index (χ1v) is 6.85. The van der Waals surface area contributed by atoms with Crippen LogP contribution in [0.2, 0.25) is 0 Å². The Morgan fingerprint density at radius 2 is 1.89 bits per heavy atom. The number of hydrogen-bond acceptors (Lipinski definition) is 3. The van der Waals surface area contributed by atoms with E-state index in [9.17, 15) is 0 Å². The van der Waals surface area contributed by atoms with Gasteiger partial charge in [0.05, 0.1) is 6.04 Å². The third-order valence-electron chi connectivity index (χ3n) is 3.62. The molecule has 3 heteroatoms. The lowest BCUT2D eigenvalue weighted by Crippen LogP contribution is -2.46. The summed E-state index contributed by atoms with van der Waals surface area (Å²) in [6, 6.07) is 11.3. The maximum atomic E-state index is 3.33. The summed E-state index contributed by atoms with van der Waals surface area (Å²) >= 11 is 0. The Kier molecular flexibility index (Phi) is 4.61. The molecule has 0 bridgehead atoms. The summed E-state index contributed by atoms with van der Waals surface area (Å²) in [5, 5.41) is 3.33. The van der Waals surface area contributed by atoms with Gasteiger partial charge in [0.25, 0.3) is 0 Å². The van der Waals surface area contributed by atoms with E-state index in [0.29, 0.717) is 12.0 Å². The molecule has 1 aromatic carbocycles. The molecule has 1 saturated heterocycles. The third-order valence-corrected chi connectivity index (χ3v) is 3.62. The number of nitrogens with zero attached hydrogens (tertiary/aromatic N) is 2. The monoisotopic (exact) mass is 247 g/mol. The van der Waals surface area contributed by atoms with Crippen molar-refractivity contribution in [3.8, 4) is 0 Å². The maximum absolute atomic E-state index is 3.33. The van der Waals surface area contributed by atoms with Crippen LogP contribution in [-0.4, -0.2) is 51.2 Å². The second-order valence-electron chi connectivity index (χ2n) is 5.53. The molecule has 2 rings (SSSR count). The van der Waals surface area contributed by atoms with Gasteiger partial charge < -0.3 is 15.1 Å². The van der Waals surface area contributed by atoms with E-state index in [4.69, 9.17) is 0 Å². The van der Waals surface area contributed by atoms with Crippen LogP contribution in [0.3, 0.4) is 0 Å². The summed E-state index contributed by atoms with van der Waals surface area (Å²) in [6.45, 7) is 6.82. The van der Waals surface area contributed by atoms with Crippen molar-refractivity contribution in [2.24, 2.45) is 5.92 Å². The number of anilines is 1. The van der Waals surface area contributed by atoms with Crippen molar-refractivity contribution in [1.29, 1.82) is 0 Å². The Balaban J connectivity index is 2.21. The minimum Gasteiger partial charge on any atom is -0.366 e. The zero-order chi connectivity index (χ0) is 13.0. The van der Waals surface area contributed by atoms with Crippen molar-refractivity contribution in [1.82, 2.24) is 10.2 Å². The molecule has 2 unspecified atom stereocenters. The van der Waals surface area contributed by atoms with E-state index >= 15 is 0 Å². The van der Waals surface area contributed by atoms with Gasteiger partial charge in [0.15, 0.2) is 0 Å². The predicted molar refractivity (Wildman–Crippen MR) is 78.2 cm³/mol. The summed E-state index contributed by atoms with van der Waals surface area (Å²) in [7, 11) is 4.27. The molecule has 0 amide bonds. The normalized spacial score (nSPS) is 26.1. The van der Waals surface area contributed by atoms with Gasteiger partial charge in [0.2, 0.25) is 0 Å². The molecule has 1 heterocycles. The van der Waals surface area contributed by atoms with Gasteiger partial charge in [-0.15, -0.1) is 0 Å². The number of para-hydroxylation sites is 1. The fraction of sp³-hybridized carbons (Fsp3) is 0.600. The SMILES string of the molecule is CNCC1CN(C)CC(C)CN1c1ccccc1. The smallest absolute Gasteiger partial charge is 0.0541 e. The zero-order valence-corrected chi connectivity index (χ0v) is 11.8. The van der Waals surface area contributed by atoms with Crippen LogP contribution < -0.4 is 10.2 Å². The van der Waals surface area contributed by atoms with E-state index in [1.807, 2.05) is 7.05 Å². The minimum atomic E-state index is 0.548. The molecule has 3 nitrogen and oxygen atoms in total. The first-order valence-electron chi connectivity index (χ1n) is 6.85. The largest absolute Gasteiger partial charge is 0.366 e. The second-order valence-corrected chi connectivity index (χ2v) is 5.53. The van der Waals surface area contributed by atoms with E-state index < -0.39 is 0 Å². The molecular weight excluding hydrogens is 222 g/mol. The lowest BCUT2D eigenvalue weighted by molar-refractivity contribution is 0.302. The van der Waals surface area contributed by atoms with Gasteiger partial charge in [-0.05, 0) is 32.1 Å². The van der Waals surface area contributed by atoms with Gasteiger partial charge in [0.1, 0.15) is 0 Å². The highest BCUT2D eigenvalue weighted by Crippen LogP contribution is 2.21. The quantitative estimate of drug-likeness (QED) is 0.876. The van der Waals surface area contributed by atoms with Crippen molar-refractivity contribution in [2.75, 3.05) is 45.2 Å². The molecular formula is C15H25N3. The highest BCUT2D eigenvalue weighted by molar-refractivity contribution is 5.47. The molecule has 1 aromatic rings. The van der Waals surface area contributed by atoms with Gasteiger partial charge in [-0.1, -0.05) is 25.1 Å². The molecule has 1 aliphatic rings. The minimum absolute atomic E-state index is 0.548. The number of hydrogen-bond donors (Lipinski definition) is 1. The van der Waals surface area contributed by atoms with Crippen molar-refractivity contribution in [3.05, 3.63) is 30.3 Å². The third kappa shape index (κ3) is 3.24. The molecule has 18 heavy (non-hydrogen) atoms. The highest BCUT2D eigenvalue weighted by Gasteiger charge is 2.26. The van der Waals surface area contributed by atoms with E-state index in [1.165, 1.54) is 12.2 Å². The summed E-state index contributed by atoms with van der Waals surface area (Å²) in [5.41, 5.74) is 1.35. The van der Waals surface area contributed by atoms with Crippen molar-refractivity contribution < 1.29 is 0 Å². The van der Waals surface area contributed by atoms with Gasteiger partial charge in [-0.3, -0.25) is 0 Å². The summed E-state index contributed by atoms with van der Waals surface area (Å²) in [4.78, 5) is 5.01. The fourth-order valence-corrected chi connectivity index (χ4v) is 2.95. The van der Waals surface area contributed by atoms with E-state index in [0.717, 1.165) is 19.6 Å². The lowest BCUT2D eigenvalue weighted by atomic mass is 10.1. The van der Waals surface area contributed by atoms with E-state index in [-0.39, 0.29) is 0 Å². The van der Waals surface area contributed by atoms with Crippen LogP contribution in [0.25, 0.3) is 0 Å². The fourth-order valence-electron chi connectivity index (χ4n) is 2.95. The van der Waals surface area contributed by atoms with E-state index in [2.05, 4.69) is 59.4 Å². The van der Waals surface area contributed by atoms with Crippen LogP contribution in [0.15, 0.2) is 30.3 Å². The van der Waals surface area contributed by atoms with Crippen LogP contribution in [0, 0.1) is 5.92 Å². The van der Waals surface area contributed by atoms with Gasteiger partial charge in [0, 0.05) is 31.9 Å². The summed E-state index contributed by atoms with van der Waals surface area (Å²) in [6.07, 6.45) is 0. The first kappa shape index (κ1) is 13.4. The highest BCUT2D eigenvalue weighted by atomic mass is 15.3. The average Bonchev–Trinajstić information content (AvgIpc) is 2.49. The van der Waals surface area contributed by atoms with Crippen LogP contribution in [-0.2, 0) is 0 Å². The van der Waals surface area contributed by atoms with Gasteiger partial charge in [-0.25, -0.2) is 0 Å². The summed E-state index contributed by atoms with van der Waals surface area (Å²) < 4.78 is 0. The van der Waals surface area contributed by atoms with E-state index in [1.54, 1.807) is 0 Å². The van der Waals surface area contributed by atoms with Crippen molar-refractivity contribution >= 4 is 5.69 Å². The molecule has 0 saturated carbocycles. The molecule has 2 atom stereocenters. The summed E-state index contributed by atoms with van der Waals surface area (Å²) in [5.74, 6) is 0.706. The Labute approximate surface area is 111 Å². The van der Waals surface area contributed by atoms with Crippen molar-refractivity contribution in [2.45, 2.75) is 13.0 Å². The molecule has 0 aliphatic carbocycles. The topological polar surface area (TPSA) is 18.5 Å². The number of rotatable bonds is 3. The standard InChI is InChI=1S/C15H25N3/c1-13-10-17(3)12-15(9-16-2)18(11-13)14-7-5-4-6-8-14/h4-8,13,15-16H,9-12H2,1-3H3. The predicted octanol–water partition coefficient (Wildman–Crippen LogP) is 1.66. The van der Waals surface area contributed by atoms with Crippen LogP contribution in [0.1, 0.15) is 6.92 Å². The number of likely N-dealkylation sites (N-methyl/N-ethyl adjacent to an activating group) is 2. The molecule has 1 fully saturated rings. The Hall–Kier alpha value is -1.06. The molecule has 1 aliphatic heterocycles. The number of nitrogens with one attached hydrogen (secondary N) is 1. The molecule has 0 spiro atoms. The maximum Gasteiger partial charge on any atom is 0.0541 e. The van der Waals surface area contributed by atoms with Crippen LogP contribution >= 0.6 is 0 Å².